The summed E-state index contributed by atoms with van der Waals surface area (Å²) in [6.45, 7) is 1.83. The Labute approximate surface area is 116 Å². The number of hydrogen-bond acceptors (Lipinski definition) is 3. The molecule has 3 nitrogen and oxygen atoms in total. The first-order chi connectivity index (χ1) is 7.99. The standard InChI is InChI=1S/C11H8ClFIN3/c1-5-9(14)10(15)17-11(16-5)7-3-2-6(13)4-8(7)12/h2-4H,1H3,(H2,15,16,17). The van der Waals surface area contributed by atoms with Gasteiger partial charge in [0.05, 0.1) is 14.3 Å². The van der Waals surface area contributed by atoms with Crippen molar-refractivity contribution >= 4 is 40.0 Å². The Balaban J connectivity index is 2.61. The second kappa shape index (κ2) is 4.73. The summed E-state index contributed by atoms with van der Waals surface area (Å²) in [6, 6.07) is 4.08. The average Bonchev–Trinajstić information content (AvgIpc) is 2.25. The highest BCUT2D eigenvalue weighted by molar-refractivity contribution is 14.1. The fourth-order valence-electron chi connectivity index (χ4n) is 1.37. The van der Waals surface area contributed by atoms with Crippen molar-refractivity contribution in [2.75, 3.05) is 5.73 Å². The van der Waals surface area contributed by atoms with E-state index in [1.165, 1.54) is 12.1 Å². The first kappa shape index (κ1) is 12.5. The number of hydrogen-bond donors (Lipinski definition) is 1. The molecule has 1 aromatic heterocycles. The van der Waals surface area contributed by atoms with Crippen LogP contribution in [0.15, 0.2) is 18.2 Å². The summed E-state index contributed by atoms with van der Waals surface area (Å²) in [5.41, 5.74) is 7.10. The van der Waals surface area contributed by atoms with Gasteiger partial charge >= 0.3 is 0 Å². The van der Waals surface area contributed by atoms with Crippen LogP contribution in [0, 0.1) is 16.3 Å². The molecule has 0 bridgehead atoms. The number of rotatable bonds is 1. The highest BCUT2D eigenvalue weighted by atomic mass is 127. The molecule has 0 spiro atoms. The minimum absolute atomic E-state index is 0.269. The van der Waals surface area contributed by atoms with Crippen molar-refractivity contribution < 1.29 is 4.39 Å². The quantitative estimate of drug-likeness (QED) is 0.790. The molecule has 0 amide bonds. The number of aryl methyl sites for hydroxylation is 1. The van der Waals surface area contributed by atoms with Crippen LogP contribution in [0.2, 0.25) is 5.02 Å². The zero-order chi connectivity index (χ0) is 12.6. The predicted octanol–water partition coefficient (Wildman–Crippen LogP) is 3.43. The Morgan fingerprint density at radius 1 is 1.35 bits per heavy atom. The number of halogens is 3. The maximum atomic E-state index is 12.9. The molecule has 2 rings (SSSR count). The SMILES string of the molecule is Cc1nc(-c2ccc(F)cc2Cl)nc(N)c1I. The maximum Gasteiger partial charge on any atom is 0.163 e. The molecular weight excluding hydrogens is 355 g/mol. The summed E-state index contributed by atoms with van der Waals surface area (Å²) in [5.74, 6) is 0.410. The van der Waals surface area contributed by atoms with E-state index in [1.807, 2.05) is 6.92 Å². The van der Waals surface area contributed by atoms with Gasteiger partial charge < -0.3 is 5.73 Å². The van der Waals surface area contributed by atoms with Gasteiger partial charge in [-0.05, 0) is 47.7 Å². The molecule has 0 aliphatic carbocycles. The Bertz CT molecular complexity index is 566. The van der Waals surface area contributed by atoms with Crippen LogP contribution in [0.3, 0.4) is 0 Å². The van der Waals surface area contributed by atoms with Gasteiger partial charge in [0.25, 0.3) is 0 Å². The van der Waals surface area contributed by atoms with Crippen molar-refractivity contribution in [2.45, 2.75) is 6.92 Å². The third-order valence-electron chi connectivity index (χ3n) is 2.21. The van der Waals surface area contributed by atoms with E-state index in [1.54, 1.807) is 6.07 Å². The highest BCUT2D eigenvalue weighted by Gasteiger charge is 2.11. The van der Waals surface area contributed by atoms with Gasteiger partial charge in [-0.25, -0.2) is 14.4 Å². The summed E-state index contributed by atoms with van der Waals surface area (Å²) < 4.78 is 13.7. The van der Waals surface area contributed by atoms with Crippen LogP contribution in [0.1, 0.15) is 5.69 Å². The molecule has 0 radical (unpaired) electrons. The lowest BCUT2D eigenvalue weighted by atomic mass is 10.2. The Kier molecular flexibility index (Phi) is 3.48. The number of benzene rings is 1. The first-order valence-electron chi connectivity index (χ1n) is 4.74. The van der Waals surface area contributed by atoms with Gasteiger partial charge in [0.15, 0.2) is 5.82 Å². The first-order valence-corrected chi connectivity index (χ1v) is 6.19. The van der Waals surface area contributed by atoms with Crippen LogP contribution in [0.5, 0.6) is 0 Å². The van der Waals surface area contributed by atoms with Gasteiger partial charge in [-0.15, -0.1) is 0 Å². The maximum absolute atomic E-state index is 12.9. The van der Waals surface area contributed by atoms with Crippen molar-refractivity contribution in [1.29, 1.82) is 0 Å². The third kappa shape index (κ3) is 2.50. The minimum Gasteiger partial charge on any atom is -0.383 e. The average molecular weight is 364 g/mol. The largest absolute Gasteiger partial charge is 0.383 e. The molecule has 0 saturated carbocycles. The molecule has 1 aromatic carbocycles. The molecule has 2 N–H and O–H groups in total. The summed E-state index contributed by atoms with van der Waals surface area (Å²) in [7, 11) is 0. The second-order valence-electron chi connectivity index (χ2n) is 3.46. The molecule has 0 unspecified atom stereocenters. The molecule has 0 saturated heterocycles. The zero-order valence-corrected chi connectivity index (χ0v) is 11.8. The summed E-state index contributed by atoms with van der Waals surface area (Å²) in [5, 5.41) is 0.269. The van der Waals surface area contributed by atoms with E-state index in [4.69, 9.17) is 17.3 Å². The Morgan fingerprint density at radius 3 is 2.65 bits per heavy atom. The van der Waals surface area contributed by atoms with Gasteiger partial charge in [-0.1, -0.05) is 11.6 Å². The molecule has 17 heavy (non-hydrogen) atoms. The summed E-state index contributed by atoms with van der Waals surface area (Å²) in [4.78, 5) is 8.44. The van der Waals surface area contributed by atoms with E-state index in [-0.39, 0.29) is 5.02 Å². The van der Waals surface area contributed by atoms with Gasteiger partial charge in [-0.2, -0.15) is 0 Å². The number of anilines is 1. The van der Waals surface area contributed by atoms with E-state index in [9.17, 15) is 4.39 Å². The van der Waals surface area contributed by atoms with E-state index in [0.29, 0.717) is 17.2 Å². The van der Waals surface area contributed by atoms with Crippen LogP contribution < -0.4 is 5.73 Å². The van der Waals surface area contributed by atoms with E-state index in [0.717, 1.165) is 9.26 Å². The summed E-state index contributed by atoms with van der Waals surface area (Å²) in [6.07, 6.45) is 0. The summed E-state index contributed by atoms with van der Waals surface area (Å²) >= 11 is 8.02. The second-order valence-corrected chi connectivity index (χ2v) is 4.94. The molecule has 2 aromatic rings. The topological polar surface area (TPSA) is 51.8 Å². The number of nitrogens with two attached hydrogens (primary N) is 1. The molecule has 88 valence electrons. The molecule has 0 fully saturated rings. The molecule has 0 aliphatic heterocycles. The molecular formula is C11H8ClFIN3. The number of nitrogen functional groups attached to an aromatic ring is 1. The lowest BCUT2D eigenvalue weighted by Gasteiger charge is -2.07. The lowest BCUT2D eigenvalue weighted by Crippen LogP contribution is -2.02. The molecule has 0 aliphatic rings. The smallest absolute Gasteiger partial charge is 0.163 e. The fraction of sp³-hybridized carbons (Fsp3) is 0.0909. The third-order valence-corrected chi connectivity index (χ3v) is 3.86. The van der Waals surface area contributed by atoms with Crippen molar-refractivity contribution in [3.63, 3.8) is 0 Å². The van der Waals surface area contributed by atoms with E-state index < -0.39 is 5.82 Å². The van der Waals surface area contributed by atoms with Crippen molar-refractivity contribution in [1.82, 2.24) is 9.97 Å². The van der Waals surface area contributed by atoms with Crippen molar-refractivity contribution in [3.8, 4) is 11.4 Å². The zero-order valence-electron chi connectivity index (χ0n) is 8.84. The van der Waals surface area contributed by atoms with E-state index >= 15 is 0 Å². The van der Waals surface area contributed by atoms with Gasteiger partial charge in [0, 0.05) is 5.56 Å². The van der Waals surface area contributed by atoms with Crippen LogP contribution in [-0.2, 0) is 0 Å². The van der Waals surface area contributed by atoms with Crippen LogP contribution in [-0.4, -0.2) is 9.97 Å². The van der Waals surface area contributed by atoms with Gasteiger partial charge in [0.1, 0.15) is 11.6 Å². The van der Waals surface area contributed by atoms with Crippen LogP contribution in [0.25, 0.3) is 11.4 Å². The lowest BCUT2D eigenvalue weighted by molar-refractivity contribution is 0.628. The molecule has 0 atom stereocenters. The Hall–Kier alpha value is -0.950. The molecule has 1 heterocycles. The minimum atomic E-state index is -0.394. The van der Waals surface area contributed by atoms with Gasteiger partial charge in [-0.3, -0.25) is 0 Å². The van der Waals surface area contributed by atoms with Crippen molar-refractivity contribution in [2.24, 2.45) is 0 Å². The number of aromatic nitrogens is 2. The fourth-order valence-corrected chi connectivity index (χ4v) is 1.87. The molecule has 6 heteroatoms. The van der Waals surface area contributed by atoms with Crippen molar-refractivity contribution in [3.05, 3.63) is 38.3 Å². The van der Waals surface area contributed by atoms with Crippen LogP contribution >= 0.6 is 34.2 Å². The van der Waals surface area contributed by atoms with Crippen LogP contribution in [0.4, 0.5) is 10.2 Å². The van der Waals surface area contributed by atoms with Gasteiger partial charge in [0.2, 0.25) is 0 Å². The Morgan fingerprint density at radius 2 is 2.06 bits per heavy atom. The monoisotopic (exact) mass is 363 g/mol. The number of nitrogens with zero attached hydrogens (tertiary/aromatic N) is 2. The van der Waals surface area contributed by atoms with E-state index in [2.05, 4.69) is 32.6 Å². The highest BCUT2D eigenvalue weighted by Crippen LogP contribution is 2.28. The predicted molar refractivity (Wildman–Crippen MR) is 74.3 cm³/mol. The normalized spacial score (nSPS) is 10.6.